The van der Waals surface area contributed by atoms with Crippen molar-refractivity contribution in [3.8, 4) is 0 Å². The summed E-state index contributed by atoms with van der Waals surface area (Å²) in [5.41, 5.74) is 4.94. The fourth-order valence-corrected chi connectivity index (χ4v) is 7.03. The van der Waals surface area contributed by atoms with Gasteiger partial charge < -0.3 is 24.7 Å². The summed E-state index contributed by atoms with van der Waals surface area (Å²) in [6.45, 7) is 0.233. The molecule has 2 aromatic heterocycles. The molecule has 1 aliphatic carbocycles. The molecule has 3 aliphatic rings. The lowest BCUT2D eigenvalue weighted by Gasteiger charge is -2.31. The number of fused-ring (bicyclic) bond motifs is 13. The molecule has 0 unspecified atom stereocenters. The number of nitrogens with one attached hydrogen (secondary N) is 1. The summed E-state index contributed by atoms with van der Waals surface area (Å²) in [5.74, 6) is -0.0112. The Morgan fingerprint density at radius 3 is 2.38 bits per heavy atom. The number of carbonyl (C=O) groups is 1. The predicted octanol–water partition coefficient (Wildman–Crippen LogP) is 3.76. The Kier molecular flexibility index (Phi) is 2.88. The highest BCUT2D eigenvalue weighted by molar-refractivity contribution is 6.31. The standard InChI is InChI=1S/C26H21N3O3/c30-12-26(32)10-13-9-19(26)29-18-8-4-1-5-14(18)20-16-11-27-25(31)22(16)21-15-6-2-3-7-17(15)28(13)24(21)23(20)29/h1-8,13,19,30,32H,9-12H2,(H,27,31)/t13-,19+,26+/m1/s1. The minimum atomic E-state index is -1.19. The van der Waals surface area contributed by atoms with Crippen molar-refractivity contribution in [2.45, 2.75) is 37.1 Å². The van der Waals surface area contributed by atoms with Crippen molar-refractivity contribution in [1.29, 1.82) is 0 Å². The molecule has 1 saturated carbocycles. The molecule has 1 fully saturated rings. The third-order valence-corrected chi connectivity index (χ3v) is 8.21. The van der Waals surface area contributed by atoms with Gasteiger partial charge in [0.15, 0.2) is 0 Å². The minimum absolute atomic E-state index is 0.0112. The first-order valence-corrected chi connectivity index (χ1v) is 11.2. The molecule has 5 aromatic rings. The van der Waals surface area contributed by atoms with Crippen molar-refractivity contribution in [2.24, 2.45) is 0 Å². The summed E-state index contributed by atoms with van der Waals surface area (Å²) < 4.78 is 4.62. The Balaban J connectivity index is 1.76. The zero-order chi connectivity index (χ0) is 21.4. The predicted molar refractivity (Wildman–Crippen MR) is 123 cm³/mol. The monoisotopic (exact) mass is 423 g/mol. The van der Waals surface area contributed by atoms with Crippen LogP contribution in [0.5, 0.6) is 0 Å². The van der Waals surface area contributed by atoms with Gasteiger partial charge in [-0.3, -0.25) is 4.79 Å². The number of aromatic nitrogens is 2. The number of amides is 1. The van der Waals surface area contributed by atoms with Gasteiger partial charge in [0.25, 0.3) is 5.91 Å². The molecule has 0 saturated heterocycles. The van der Waals surface area contributed by atoms with E-state index in [1.807, 2.05) is 24.3 Å². The normalized spacial score (nSPS) is 26.0. The summed E-state index contributed by atoms with van der Waals surface area (Å²) in [5, 5.41) is 29.3. The van der Waals surface area contributed by atoms with Crippen LogP contribution in [0.15, 0.2) is 48.5 Å². The first kappa shape index (κ1) is 17.2. The van der Waals surface area contributed by atoms with Gasteiger partial charge in [-0.15, -0.1) is 0 Å². The number of nitrogens with zero attached hydrogens (tertiary/aromatic N) is 2. The Morgan fingerprint density at radius 2 is 1.62 bits per heavy atom. The van der Waals surface area contributed by atoms with Crippen molar-refractivity contribution in [3.63, 3.8) is 0 Å². The van der Waals surface area contributed by atoms with Gasteiger partial charge in [0, 0.05) is 51.6 Å². The highest BCUT2D eigenvalue weighted by atomic mass is 16.3. The molecule has 6 nitrogen and oxygen atoms in total. The van der Waals surface area contributed by atoms with E-state index in [2.05, 4.69) is 38.7 Å². The van der Waals surface area contributed by atoms with E-state index in [1.165, 1.54) is 0 Å². The first-order chi connectivity index (χ1) is 15.6. The number of para-hydroxylation sites is 2. The lowest BCUT2D eigenvalue weighted by atomic mass is 9.95. The van der Waals surface area contributed by atoms with E-state index in [-0.39, 0.29) is 24.6 Å². The molecule has 3 N–H and O–H groups in total. The molecule has 1 amide bonds. The molecule has 32 heavy (non-hydrogen) atoms. The van der Waals surface area contributed by atoms with Crippen LogP contribution in [0.25, 0.3) is 43.6 Å². The first-order valence-electron chi connectivity index (χ1n) is 11.2. The summed E-state index contributed by atoms with van der Waals surface area (Å²) in [6.07, 6.45) is 1.23. The fourth-order valence-electron chi connectivity index (χ4n) is 7.03. The molecule has 158 valence electrons. The molecule has 2 aliphatic heterocycles. The van der Waals surface area contributed by atoms with Crippen molar-refractivity contribution >= 4 is 49.5 Å². The number of rotatable bonds is 1. The molecule has 4 heterocycles. The van der Waals surface area contributed by atoms with E-state index in [9.17, 15) is 15.0 Å². The summed E-state index contributed by atoms with van der Waals surface area (Å²) in [7, 11) is 0. The van der Waals surface area contributed by atoms with Crippen LogP contribution in [0.4, 0.5) is 0 Å². The van der Waals surface area contributed by atoms with E-state index in [0.29, 0.717) is 13.0 Å². The van der Waals surface area contributed by atoms with Crippen molar-refractivity contribution in [2.75, 3.05) is 6.61 Å². The Bertz CT molecular complexity index is 1680. The van der Waals surface area contributed by atoms with Crippen LogP contribution in [0.2, 0.25) is 0 Å². The van der Waals surface area contributed by atoms with Gasteiger partial charge in [-0.2, -0.15) is 0 Å². The van der Waals surface area contributed by atoms with E-state index in [0.717, 1.165) is 61.2 Å². The van der Waals surface area contributed by atoms with Crippen LogP contribution in [0, 0.1) is 0 Å². The molecule has 2 bridgehead atoms. The molecule has 0 radical (unpaired) electrons. The Labute approximate surface area is 182 Å². The molecular weight excluding hydrogens is 402 g/mol. The summed E-state index contributed by atoms with van der Waals surface area (Å²) in [4.78, 5) is 13.1. The second kappa shape index (κ2) is 5.34. The van der Waals surface area contributed by atoms with Crippen molar-refractivity contribution in [3.05, 3.63) is 59.7 Å². The van der Waals surface area contributed by atoms with Crippen molar-refractivity contribution < 1.29 is 15.0 Å². The Hall–Kier alpha value is -3.35. The highest BCUT2D eigenvalue weighted by Crippen LogP contribution is 2.56. The van der Waals surface area contributed by atoms with E-state index < -0.39 is 5.60 Å². The largest absolute Gasteiger partial charge is 0.393 e. The second-order valence-corrected chi connectivity index (χ2v) is 9.63. The Morgan fingerprint density at radius 1 is 0.969 bits per heavy atom. The van der Waals surface area contributed by atoms with E-state index in [4.69, 9.17) is 0 Å². The molecule has 3 atom stereocenters. The average molecular weight is 423 g/mol. The maximum absolute atomic E-state index is 13.1. The maximum atomic E-state index is 13.1. The number of hydrogen-bond donors (Lipinski definition) is 3. The maximum Gasteiger partial charge on any atom is 0.252 e. The molecule has 6 heteroatoms. The van der Waals surface area contributed by atoms with E-state index in [1.54, 1.807) is 0 Å². The number of carbonyl (C=O) groups excluding carboxylic acids is 1. The van der Waals surface area contributed by atoms with Gasteiger partial charge in [-0.25, -0.2) is 0 Å². The number of hydrogen-bond acceptors (Lipinski definition) is 3. The van der Waals surface area contributed by atoms with Gasteiger partial charge in [0.1, 0.15) is 5.60 Å². The lowest BCUT2D eigenvalue weighted by molar-refractivity contribution is -0.0392. The highest BCUT2D eigenvalue weighted by Gasteiger charge is 2.51. The number of aliphatic hydroxyl groups is 2. The van der Waals surface area contributed by atoms with Gasteiger partial charge in [-0.05, 0) is 24.1 Å². The van der Waals surface area contributed by atoms with E-state index >= 15 is 0 Å². The number of aliphatic hydroxyl groups excluding tert-OH is 1. The molecule has 8 rings (SSSR count). The quantitative estimate of drug-likeness (QED) is 0.384. The van der Waals surface area contributed by atoms with Gasteiger partial charge in [-0.1, -0.05) is 36.4 Å². The molecule has 0 spiro atoms. The van der Waals surface area contributed by atoms with Crippen LogP contribution < -0.4 is 5.32 Å². The third-order valence-electron chi connectivity index (χ3n) is 8.21. The topological polar surface area (TPSA) is 79.4 Å². The lowest BCUT2D eigenvalue weighted by Crippen LogP contribution is -2.39. The minimum Gasteiger partial charge on any atom is -0.393 e. The average Bonchev–Trinajstić information content (AvgIpc) is 3.51. The fraction of sp³-hybridized carbons (Fsp3) is 0.269. The van der Waals surface area contributed by atoms with Crippen molar-refractivity contribution in [1.82, 2.24) is 14.5 Å². The van der Waals surface area contributed by atoms with Crippen LogP contribution in [-0.2, 0) is 6.54 Å². The van der Waals surface area contributed by atoms with Crippen LogP contribution >= 0.6 is 0 Å². The van der Waals surface area contributed by atoms with Crippen LogP contribution in [0.3, 0.4) is 0 Å². The summed E-state index contributed by atoms with van der Waals surface area (Å²) >= 11 is 0. The second-order valence-electron chi connectivity index (χ2n) is 9.63. The zero-order valence-corrected chi connectivity index (χ0v) is 17.3. The number of benzene rings is 3. The summed E-state index contributed by atoms with van der Waals surface area (Å²) in [6, 6.07) is 16.4. The van der Waals surface area contributed by atoms with Gasteiger partial charge in [0.2, 0.25) is 0 Å². The SMILES string of the molecule is O=C1NCc2c1c1c3ccccc3n3c1c1c2c2ccccc2n1[C@H]1C[C@@H]3C[C@]1(O)CO. The zero-order valence-electron chi connectivity index (χ0n) is 17.3. The van der Waals surface area contributed by atoms with Gasteiger partial charge >= 0.3 is 0 Å². The van der Waals surface area contributed by atoms with Crippen LogP contribution in [0.1, 0.15) is 40.8 Å². The molecule has 3 aromatic carbocycles. The van der Waals surface area contributed by atoms with Gasteiger partial charge in [0.05, 0.1) is 29.2 Å². The smallest absolute Gasteiger partial charge is 0.252 e. The van der Waals surface area contributed by atoms with Crippen LogP contribution in [-0.4, -0.2) is 37.5 Å². The third kappa shape index (κ3) is 1.70. The molecular formula is C26H21N3O3.